The number of nitrogens with zero attached hydrogens (tertiary/aromatic N) is 2. The molecule has 0 spiro atoms. The smallest absolute Gasteiger partial charge is 0.295 e. The van der Waals surface area contributed by atoms with Gasteiger partial charge in [0.2, 0.25) is 0 Å². The molecule has 1 aromatic heterocycles. The van der Waals surface area contributed by atoms with Crippen LogP contribution in [-0.4, -0.2) is 39.9 Å². The van der Waals surface area contributed by atoms with Crippen molar-refractivity contribution in [1.82, 2.24) is 9.88 Å². The number of hydrogen-bond acceptors (Lipinski definition) is 6. The highest BCUT2D eigenvalue weighted by molar-refractivity contribution is 6.46. The molecule has 2 aromatic carbocycles. The maximum absolute atomic E-state index is 13.3. The Morgan fingerprint density at radius 2 is 1.78 bits per heavy atom. The molecule has 1 fully saturated rings. The maximum Gasteiger partial charge on any atom is 0.295 e. The van der Waals surface area contributed by atoms with Crippen LogP contribution in [0.3, 0.4) is 0 Å². The van der Waals surface area contributed by atoms with Crippen molar-refractivity contribution in [1.29, 1.82) is 0 Å². The number of carbonyl (C=O) groups excluding carboxylic acids is 2. The monoisotopic (exact) mass is 496 g/mol. The van der Waals surface area contributed by atoms with Gasteiger partial charge in [-0.05, 0) is 60.0 Å². The molecule has 1 atom stereocenters. The number of ketones is 1. The van der Waals surface area contributed by atoms with Crippen LogP contribution < -0.4 is 9.47 Å². The summed E-state index contributed by atoms with van der Waals surface area (Å²) in [6, 6.07) is 15.0. The van der Waals surface area contributed by atoms with Crippen molar-refractivity contribution in [3.63, 3.8) is 0 Å². The Bertz CT molecular complexity index is 1350. The summed E-state index contributed by atoms with van der Waals surface area (Å²) in [5.41, 5.74) is 2.64. The summed E-state index contributed by atoms with van der Waals surface area (Å²) in [6.45, 7) is 9.99. The molecular formula is C30H28N2O5. The van der Waals surface area contributed by atoms with Gasteiger partial charge >= 0.3 is 0 Å². The molecule has 3 aromatic rings. The zero-order valence-electron chi connectivity index (χ0n) is 20.6. The Hall–Kier alpha value is -4.65. The third-order valence-corrected chi connectivity index (χ3v) is 5.98. The molecule has 4 rings (SSSR count). The molecule has 7 nitrogen and oxygen atoms in total. The number of aromatic nitrogens is 1. The second-order valence-electron chi connectivity index (χ2n) is 8.54. The normalized spacial score (nSPS) is 16.5. The van der Waals surface area contributed by atoms with Crippen LogP contribution in [-0.2, 0) is 16.1 Å². The molecule has 1 amide bonds. The first-order valence-corrected chi connectivity index (χ1v) is 11.8. The number of hydrogen-bond donors (Lipinski definition) is 1. The lowest BCUT2D eigenvalue weighted by Gasteiger charge is -2.25. The van der Waals surface area contributed by atoms with Crippen LogP contribution >= 0.6 is 0 Å². The second-order valence-corrected chi connectivity index (χ2v) is 8.54. The van der Waals surface area contributed by atoms with Gasteiger partial charge < -0.3 is 19.5 Å². The first-order chi connectivity index (χ1) is 17.9. The molecule has 1 aliphatic heterocycles. The van der Waals surface area contributed by atoms with Crippen LogP contribution in [0, 0.1) is 6.92 Å². The van der Waals surface area contributed by atoms with Crippen molar-refractivity contribution in [2.75, 3.05) is 13.2 Å². The lowest BCUT2D eigenvalue weighted by atomic mass is 9.94. The number of Topliss-reactive ketones (excluding diaryl/α,β-unsaturated/α-hetero) is 1. The average Bonchev–Trinajstić information content (AvgIpc) is 3.16. The number of rotatable bonds is 10. The quantitative estimate of drug-likeness (QED) is 0.181. The Balaban J connectivity index is 1.79. The van der Waals surface area contributed by atoms with Gasteiger partial charge in [0.05, 0.1) is 11.6 Å². The van der Waals surface area contributed by atoms with E-state index in [2.05, 4.69) is 18.1 Å². The van der Waals surface area contributed by atoms with Crippen LogP contribution in [0.1, 0.15) is 28.3 Å². The highest BCUT2D eigenvalue weighted by Gasteiger charge is 2.46. The number of aryl methyl sites for hydroxylation is 1. The molecule has 0 aliphatic carbocycles. The van der Waals surface area contributed by atoms with Gasteiger partial charge in [-0.3, -0.25) is 14.6 Å². The molecule has 0 unspecified atom stereocenters. The van der Waals surface area contributed by atoms with Gasteiger partial charge in [0.15, 0.2) is 0 Å². The van der Waals surface area contributed by atoms with Gasteiger partial charge in [-0.25, -0.2) is 0 Å². The Morgan fingerprint density at radius 3 is 2.43 bits per heavy atom. The minimum absolute atomic E-state index is 0.0211. The lowest BCUT2D eigenvalue weighted by molar-refractivity contribution is -0.140. The Morgan fingerprint density at radius 1 is 1.05 bits per heavy atom. The largest absolute Gasteiger partial charge is 0.507 e. The SMILES string of the molecule is C=CCOc1ccc([C@@H]2C(=C(O)c3ccc(OCC=C)c(C)c3)C(=O)C(=O)N2Cc2cccnc2)cc1. The summed E-state index contributed by atoms with van der Waals surface area (Å²) in [6.07, 6.45) is 6.58. The average molecular weight is 497 g/mol. The van der Waals surface area contributed by atoms with E-state index in [1.807, 2.05) is 13.0 Å². The van der Waals surface area contributed by atoms with E-state index in [1.54, 1.807) is 73.1 Å². The fourth-order valence-corrected chi connectivity index (χ4v) is 4.24. The number of ether oxygens (including phenoxy) is 2. The summed E-state index contributed by atoms with van der Waals surface area (Å²) < 4.78 is 11.2. The number of carbonyl (C=O) groups is 2. The molecular weight excluding hydrogens is 468 g/mol. The molecule has 0 bridgehead atoms. The number of aliphatic hydroxyl groups excluding tert-OH is 1. The van der Waals surface area contributed by atoms with Gasteiger partial charge in [0.1, 0.15) is 30.5 Å². The fraction of sp³-hybridized carbons (Fsp3) is 0.167. The number of likely N-dealkylation sites (tertiary alicyclic amines) is 1. The topological polar surface area (TPSA) is 89.0 Å². The van der Waals surface area contributed by atoms with E-state index >= 15 is 0 Å². The van der Waals surface area contributed by atoms with E-state index in [-0.39, 0.29) is 17.9 Å². The maximum atomic E-state index is 13.3. The van der Waals surface area contributed by atoms with Crippen molar-refractivity contribution < 1.29 is 24.2 Å². The third kappa shape index (κ3) is 5.46. The zero-order valence-corrected chi connectivity index (χ0v) is 20.6. The van der Waals surface area contributed by atoms with E-state index in [9.17, 15) is 14.7 Å². The summed E-state index contributed by atoms with van der Waals surface area (Å²) >= 11 is 0. The minimum Gasteiger partial charge on any atom is -0.507 e. The zero-order chi connectivity index (χ0) is 26.4. The van der Waals surface area contributed by atoms with E-state index in [1.165, 1.54) is 4.90 Å². The molecule has 37 heavy (non-hydrogen) atoms. The summed E-state index contributed by atoms with van der Waals surface area (Å²) in [5, 5.41) is 11.4. The Kier molecular flexibility index (Phi) is 7.83. The van der Waals surface area contributed by atoms with Crippen molar-refractivity contribution >= 4 is 17.4 Å². The van der Waals surface area contributed by atoms with Crippen molar-refractivity contribution in [3.05, 3.63) is 120 Å². The van der Waals surface area contributed by atoms with E-state index in [0.717, 1.165) is 11.1 Å². The number of amides is 1. The molecule has 7 heteroatoms. The van der Waals surface area contributed by atoms with Gasteiger partial charge in [-0.15, -0.1) is 0 Å². The van der Waals surface area contributed by atoms with Crippen LogP contribution in [0.4, 0.5) is 0 Å². The van der Waals surface area contributed by atoms with Crippen LogP contribution in [0.25, 0.3) is 5.76 Å². The summed E-state index contributed by atoms with van der Waals surface area (Å²) in [4.78, 5) is 32.1. The molecule has 0 saturated carbocycles. The van der Waals surface area contributed by atoms with Crippen molar-refractivity contribution in [2.24, 2.45) is 0 Å². The van der Waals surface area contributed by atoms with E-state index < -0.39 is 17.7 Å². The molecule has 188 valence electrons. The summed E-state index contributed by atoms with van der Waals surface area (Å²) in [5.74, 6) is -0.422. The molecule has 2 heterocycles. The van der Waals surface area contributed by atoms with E-state index in [0.29, 0.717) is 35.8 Å². The van der Waals surface area contributed by atoms with Crippen LogP contribution in [0.2, 0.25) is 0 Å². The lowest BCUT2D eigenvalue weighted by Crippen LogP contribution is -2.29. The first kappa shape index (κ1) is 25.4. The molecule has 1 N–H and O–H groups in total. The Labute approximate surface area is 216 Å². The predicted molar refractivity (Wildman–Crippen MR) is 141 cm³/mol. The van der Waals surface area contributed by atoms with Crippen LogP contribution in [0.15, 0.2) is 97.9 Å². The second kappa shape index (κ2) is 11.4. The number of aliphatic hydroxyl groups is 1. The van der Waals surface area contributed by atoms with Gasteiger partial charge in [0, 0.05) is 24.5 Å². The fourth-order valence-electron chi connectivity index (χ4n) is 4.24. The summed E-state index contributed by atoms with van der Waals surface area (Å²) in [7, 11) is 0. The standard InChI is InChI=1S/C30H28N2O5/c1-4-15-36-24-11-8-22(9-12-24)27-26(28(33)23-10-13-25(20(3)17-23)37-16-5-2)29(34)30(35)32(27)19-21-7-6-14-31-18-21/h4-14,17-18,27,33H,1-2,15-16,19H2,3H3/t27-/m1/s1. The first-order valence-electron chi connectivity index (χ1n) is 11.8. The van der Waals surface area contributed by atoms with Crippen molar-refractivity contribution in [3.8, 4) is 11.5 Å². The number of benzene rings is 2. The highest BCUT2D eigenvalue weighted by Crippen LogP contribution is 2.41. The van der Waals surface area contributed by atoms with Gasteiger partial charge in [-0.2, -0.15) is 0 Å². The highest BCUT2D eigenvalue weighted by atomic mass is 16.5. The molecule has 1 aliphatic rings. The van der Waals surface area contributed by atoms with Gasteiger partial charge in [0.25, 0.3) is 11.7 Å². The minimum atomic E-state index is -0.800. The van der Waals surface area contributed by atoms with Crippen molar-refractivity contribution in [2.45, 2.75) is 19.5 Å². The van der Waals surface area contributed by atoms with Gasteiger partial charge in [-0.1, -0.05) is 43.5 Å². The number of pyridine rings is 1. The van der Waals surface area contributed by atoms with Crippen LogP contribution in [0.5, 0.6) is 11.5 Å². The van der Waals surface area contributed by atoms with E-state index in [4.69, 9.17) is 9.47 Å². The predicted octanol–water partition coefficient (Wildman–Crippen LogP) is 5.14. The molecule has 1 saturated heterocycles. The molecule has 0 radical (unpaired) electrons. The third-order valence-electron chi connectivity index (χ3n) is 5.98.